The fraction of sp³-hybridized carbons (Fsp3) is 0.154. The van der Waals surface area contributed by atoms with Gasteiger partial charge in [0, 0.05) is 14.1 Å². The number of ether oxygens (including phenoxy) is 2. The summed E-state index contributed by atoms with van der Waals surface area (Å²) >= 11 is 0. The maximum Gasteiger partial charge on any atom is 0.341 e. The number of aliphatic carboxylic acids is 2. The van der Waals surface area contributed by atoms with Crippen LogP contribution in [0.3, 0.4) is 0 Å². The van der Waals surface area contributed by atoms with Crippen LogP contribution in [0.4, 0.5) is 5.69 Å². The zero-order valence-corrected chi connectivity index (χ0v) is 19.3. The Morgan fingerprint density at radius 3 is 1.63 bits per heavy atom. The van der Waals surface area contributed by atoms with Crippen LogP contribution < -0.4 is 9.47 Å². The number of hydrogen-bond acceptors (Lipinski definition) is 6. The van der Waals surface area contributed by atoms with Crippen LogP contribution in [0.2, 0.25) is 0 Å². The van der Waals surface area contributed by atoms with Crippen LogP contribution in [0, 0.1) is 0 Å². The Morgan fingerprint density at radius 1 is 0.771 bits per heavy atom. The SMILES string of the molecule is CN(C)/N=N/c1ccc(C=C(c2ccc(OCC(=O)O)cc2)c2ccc(OCC(=O)O)cc2)cc1. The van der Waals surface area contributed by atoms with Crippen LogP contribution in [0.5, 0.6) is 11.5 Å². The van der Waals surface area contributed by atoms with Gasteiger partial charge in [0.15, 0.2) is 13.2 Å². The molecule has 35 heavy (non-hydrogen) atoms. The Labute approximate surface area is 202 Å². The Balaban J connectivity index is 1.92. The zero-order chi connectivity index (χ0) is 25.2. The Kier molecular flexibility index (Phi) is 8.55. The van der Waals surface area contributed by atoms with Crippen molar-refractivity contribution in [3.63, 3.8) is 0 Å². The van der Waals surface area contributed by atoms with Crippen molar-refractivity contribution in [2.45, 2.75) is 0 Å². The van der Waals surface area contributed by atoms with Gasteiger partial charge in [0.05, 0.1) is 5.69 Å². The molecule has 9 heteroatoms. The molecular weight excluding hydrogens is 450 g/mol. The molecule has 180 valence electrons. The molecular formula is C26H25N3O6. The fourth-order valence-corrected chi connectivity index (χ4v) is 3.03. The molecule has 3 aromatic rings. The van der Waals surface area contributed by atoms with E-state index in [2.05, 4.69) is 10.3 Å². The lowest BCUT2D eigenvalue weighted by atomic mass is 9.95. The number of benzene rings is 3. The highest BCUT2D eigenvalue weighted by Gasteiger charge is 2.09. The minimum Gasteiger partial charge on any atom is -0.482 e. The number of hydrogen-bond donors (Lipinski definition) is 2. The van der Waals surface area contributed by atoms with Gasteiger partial charge in [-0.15, -0.1) is 5.11 Å². The Hall–Kier alpha value is -4.66. The first-order chi connectivity index (χ1) is 16.8. The third-order valence-corrected chi connectivity index (χ3v) is 4.60. The number of nitrogens with zero attached hydrogens (tertiary/aromatic N) is 3. The van der Waals surface area contributed by atoms with Crippen molar-refractivity contribution in [1.29, 1.82) is 0 Å². The van der Waals surface area contributed by atoms with Gasteiger partial charge in [-0.1, -0.05) is 41.6 Å². The van der Waals surface area contributed by atoms with Gasteiger partial charge in [-0.05, 0) is 64.7 Å². The van der Waals surface area contributed by atoms with Gasteiger partial charge in [0.25, 0.3) is 0 Å². The molecule has 0 aliphatic heterocycles. The summed E-state index contributed by atoms with van der Waals surface area (Å²) in [6, 6.07) is 21.8. The molecule has 0 saturated heterocycles. The molecule has 0 heterocycles. The highest BCUT2D eigenvalue weighted by molar-refractivity contribution is 5.91. The van der Waals surface area contributed by atoms with E-state index < -0.39 is 25.2 Å². The van der Waals surface area contributed by atoms with Crippen LogP contribution in [-0.4, -0.2) is 54.5 Å². The summed E-state index contributed by atoms with van der Waals surface area (Å²) < 4.78 is 10.5. The van der Waals surface area contributed by atoms with E-state index in [1.807, 2.05) is 54.6 Å². The van der Waals surface area contributed by atoms with Gasteiger partial charge >= 0.3 is 11.9 Å². The van der Waals surface area contributed by atoms with Crippen molar-refractivity contribution in [3.05, 3.63) is 89.5 Å². The maximum atomic E-state index is 10.8. The monoisotopic (exact) mass is 475 g/mol. The second-order valence-electron chi connectivity index (χ2n) is 7.60. The zero-order valence-electron chi connectivity index (χ0n) is 19.3. The standard InChI is InChI=1S/C26H25N3O6/c1-29(2)28-27-21-9-3-18(4-10-21)15-24(19-5-11-22(12-6-19)34-16-25(30)31)20-7-13-23(14-8-20)35-17-26(32)33/h3-15H,16-17H2,1-2H3,(H,30,31)(H,32,33)/b28-27+. The first-order valence-corrected chi connectivity index (χ1v) is 10.6. The van der Waals surface area contributed by atoms with E-state index in [-0.39, 0.29) is 0 Å². The fourth-order valence-electron chi connectivity index (χ4n) is 3.03. The molecule has 0 aliphatic rings. The van der Waals surface area contributed by atoms with Gasteiger partial charge in [-0.3, -0.25) is 5.01 Å². The third-order valence-electron chi connectivity index (χ3n) is 4.60. The van der Waals surface area contributed by atoms with Crippen LogP contribution in [0.25, 0.3) is 11.6 Å². The largest absolute Gasteiger partial charge is 0.482 e. The quantitative estimate of drug-likeness (QED) is 0.233. The van der Waals surface area contributed by atoms with E-state index in [4.69, 9.17) is 19.7 Å². The Bertz CT molecular complexity index is 1140. The van der Waals surface area contributed by atoms with Crippen LogP contribution in [0.1, 0.15) is 16.7 Å². The predicted octanol–water partition coefficient (Wildman–Crippen LogP) is 4.76. The molecule has 2 N–H and O–H groups in total. The van der Waals surface area contributed by atoms with Crippen molar-refractivity contribution in [1.82, 2.24) is 5.01 Å². The minimum atomic E-state index is -1.05. The van der Waals surface area contributed by atoms with E-state index in [1.165, 1.54) is 0 Å². The molecule has 0 aromatic heterocycles. The third kappa shape index (κ3) is 8.01. The molecule has 0 radical (unpaired) electrons. The van der Waals surface area contributed by atoms with Crippen molar-refractivity contribution in [2.75, 3.05) is 27.3 Å². The van der Waals surface area contributed by atoms with Gasteiger partial charge in [-0.2, -0.15) is 0 Å². The molecule has 0 fully saturated rings. The summed E-state index contributed by atoms with van der Waals surface area (Å²) in [6.07, 6.45) is 2.01. The maximum absolute atomic E-state index is 10.8. The topological polar surface area (TPSA) is 121 Å². The second-order valence-corrected chi connectivity index (χ2v) is 7.60. The summed E-state index contributed by atoms with van der Waals surface area (Å²) in [4.78, 5) is 21.5. The van der Waals surface area contributed by atoms with Gasteiger partial charge < -0.3 is 19.7 Å². The van der Waals surface area contributed by atoms with E-state index in [0.717, 1.165) is 28.0 Å². The smallest absolute Gasteiger partial charge is 0.341 e. The van der Waals surface area contributed by atoms with Gasteiger partial charge in [-0.25, -0.2) is 9.59 Å². The summed E-state index contributed by atoms with van der Waals surface area (Å²) in [5.74, 6) is -1.20. The molecule has 3 aromatic carbocycles. The first-order valence-electron chi connectivity index (χ1n) is 10.6. The average molecular weight is 476 g/mol. The number of carboxylic acids is 2. The number of carbonyl (C=O) groups is 2. The normalized spacial score (nSPS) is 10.6. The van der Waals surface area contributed by atoms with Crippen LogP contribution in [0.15, 0.2) is 83.1 Å². The molecule has 0 unspecified atom stereocenters. The number of carboxylic acid groups (broad SMARTS) is 2. The summed E-state index contributed by atoms with van der Waals surface area (Å²) in [5.41, 5.74) is 4.30. The van der Waals surface area contributed by atoms with Gasteiger partial charge in [0.2, 0.25) is 0 Å². The van der Waals surface area contributed by atoms with Crippen molar-refractivity contribution < 1.29 is 29.3 Å². The van der Waals surface area contributed by atoms with E-state index in [1.54, 1.807) is 43.4 Å². The lowest BCUT2D eigenvalue weighted by Crippen LogP contribution is -2.09. The summed E-state index contributed by atoms with van der Waals surface area (Å²) in [6.45, 7) is -0.839. The van der Waals surface area contributed by atoms with Crippen LogP contribution in [-0.2, 0) is 9.59 Å². The summed E-state index contributed by atoms with van der Waals surface area (Å²) in [7, 11) is 3.59. The highest BCUT2D eigenvalue weighted by Crippen LogP contribution is 2.29. The van der Waals surface area contributed by atoms with E-state index >= 15 is 0 Å². The van der Waals surface area contributed by atoms with E-state index in [0.29, 0.717) is 11.5 Å². The molecule has 3 rings (SSSR count). The predicted molar refractivity (Wildman–Crippen MR) is 131 cm³/mol. The highest BCUT2D eigenvalue weighted by atomic mass is 16.5. The molecule has 9 nitrogen and oxygen atoms in total. The molecule has 0 atom stereocenters. The van der Waals surface area contributed by atoms with Crippen molar-refractivity contribution in [3.8, 4) is 11.5 Å². The molecule has 0 spiro atoms. The molecule has 0 amide bonds. The average Bonchev–Trinajstić information content (AvgIpc) is 2.85. The lowest BCUT2D eigenvalue weighted by molar-refractivity contribution is -0.140. The minimum absolute atomic E-state index is 0.419. The molecule has 0 bridgehead atoms. The molecule has 0 aliphatic carbocycles. The summed E-state index contributed by atoms with van der Waals surface area (Å²) in [5, 5.41) is 27.4. The van der Waals surface area contributed by atoms with Crippen molar-refractivity contribution >= 4 is 29.3 Å². The van der Waals surface area contributed by atoms with Gasteiger partial charge in [0.1, 0.15) is 11.5 Å². The Morgan fingerprint density at radius 2 is 1.23 bits per heavy atom. The first kappa shape index (κ1) is 25.0. The second kappa shape index (κ2) is 12.0. The van der Waals surface area contributed by atoms with Crippen molar-refractivity contribution in [2.24, 2.45) is 10.3 Å². The van der Waals surface area contributed by atoms with Crippen LogP contribution >= 0.6 is 0 Å². The van der Waals surface area contributed by atoms with E-state index in [9.17, 15) is 9.59 Å². The lowest BCUT2D eigenvalue weighted by Gasteiger charge is -2.12. The number of rotatable bonds is 11. The molecule has 0 saturated carbocycles.